The predicted octanol–water partition coefficient (Wildman–Crippen LogP) is 2.00. The first kappa shape index (κ1) is 15.1. The Bertz CT molecular complexity index is 715. The van der Waals surface area contributed by atoms with Gasteiger partial charge in [-0.25, -0.2) is 12.7 Å². The highest BCUT2D eigenvalue weighted by atomic mass is 32.2. The van der Waals surface area contributed by atoms with Crippen LogP contribution >= 0.6 is 0 Å². The number of benzene rings is 1. The van der Waals surface area contributed by atoms with Crippen LogP contribution in [0.15, 0.2) is 30.3 Å². The third kappa shape index (κ3) is 2.48. The number of rotatable bonds is 3. The summed E-state index contributed by atoms with van der Waals surface area (Å²) in [4.78, 5) is 14.9. The Hall–Kier alpha value is -1.40. The number of hydrogen-bond acceptors (Lipinski definition) is 3. The molecule has 3 aliphatic rings. The molecule has 1 saturated carbocycles. The molecule has 1 spiro atoms. The molecule has 4 rings (SSSR count). The molecule has 6 heteroatoms. The zero-order chi connectivity index (χ0) is 16.1. The Labute approximate surface area is 137 Å². The van der Waals surface area contributed by atoms with Crippen LogP contribution in [-0.4, -0.2) is 43.5 Å². The fraction of sp³-hybridized carbons (Fsp3) is 0.588. The van der Waals surface area contributed by atoms with E-state index in [1.807, 2.05) is 35.2 Å². The Morgan fingerprint density at radius 3 is 2.48 bits per heavy atom. The molecule has 1 aromatic carbocycles. The van der Waals surface area contributed by atoms with Gasteiger partial charge in [-0.3, -0.25) is 4.79 Å². The fourth-order valence-corrected chi connectivity index (χ4v) is 5.90. The van der Waals surface area contributed by atoms with E-state index in [0.717, 1.165) is 37.8 Å². The summed E-state index contributed by atoms with van der Waals surface area (Å²) in [6.45, 7) is 1.62. The second-order valence-electron chi connectivity index (χ2n) is 7.00. The summed E-state index contributed by atoms with van der Waals surface area (Å²) in [5.74, 6) is 0.0967. The van der Waals surface area contributed by atoms with Gasteiger partial charge < -0.3 is 4.90 Å². The maximum absolute atomic E-state index is 13.0. The minimum Gasteiger partial charge on any atom is -0.312 e. The van der Waals surface area contributed by atoms with Crippen molar-refractivity contribution >= 4 is 21.6 Å². The molecule has 1 atom stereocenters. The van der Waals surface area contributed by atoms with Crippen molar-refractivity contribution in [2.75, 3.05) is 24.5 Å². The second-order valence-corrected chi connectivity index (χ2v) is 9.22. The monoisotopic (exact) mass is 334 g/mol. The number of para-hydroxylation sites is 1. The van der Waals surface area contributed by atoms with Gasteiger partial charge in [-0.1, -0.05) is 18.2 Å². The van der Waals surface area contributed by atoms with Crippen molar-refractivity contribution in [1.29, 1.82) is 0 Å². The summed E-state index contributed by atoms with van der Waals surface area (Å²) in [6, 6.07) is 9.68. The van der Waals surface area contributed by atoms with Crippen LogP contribution in [0.5, 0.6) is 0 Å². The molecule has 1 amide bonds. The standard InChI is InChI=1S/C17H22N2O3S/c20-16-17(10-12-19(16)14-5-2-1-3-6-14)9-4-11-18(13-17)23(21,22)15-7-8-15/h1-3,5-6,15H,4,7-13H2. The van der Waals surface area contributed by atoms with Crippen LogP contribution in [0.2, 0.25) is 0 Å². The van der Waals surface area contributed by atoms with E-state index in [4.69, 9.17) is 0 Å². The molecule has 1 aromatic rings. The maximum Gasteiger partial charge on any atom is 0.234 e. The molecule has 2 aliphatic heterocycles. The highest BCUT2D eigenvalue weighted by molar-refractivity contribution is 7.90. The van der Waals surface area contributed by atoms with Crippen LogP contribution in [0.25, 0.3) is 0 Å². The molecule has 2 saturated heterocycles. The highest BCUT2D eigenvalue weighted by Gasteiger charge is 2.52. The van der Waals surface area contributed by atoms with E-state index in [1.165, 1.54) is 0 Å². The smallest absolute Gasteiger partial charge is 0.234 e. The Morgan fingerprint density at radius 1 is 1.04 bits per heavy atom. The van der Waals surface area contributed by atoms with Gasteiger partial charge in [0.25, 0.3) is 0 Å². The Kier molecular flexibility index (Phi) is 3.50. The number of amides is 1. The lowest BCUT2D eigenvalue weighted by molar-refractivity contribution is -0.127. The molecule has 5 nitrogen and oxygen atoms in total. The molecule has 0 aromatic heterocycles. The van der Waals surface area contributed by atoms with E-state index in [2.05, 4.69) is 0 Å². The molecule has 0 bridgehead atoms. The van der Waals surface area contributed by atoms with Gasteiger partial charge in [0, 0.05) is 25.3 Å². The van der Waals surface area contributed by atoms with Gasteiger partial charge in [0.05, 0.1) is 10.7 Å². The predicted molar refractivity (Wildman–Crippen MR) is 88.6 cm³/mol. The third-order valence-corrected chi connectivity index (χ3v) is 7.77. The molecule has 0 radical (unpaired) electrons. The van der Waals surface area contributed by atoms with Crippen LogP contribution in [0.1, 0.15) is 32.1 Å². The van der Waals surface area contributed by atoms with E-state index < -0.39 is 15.4 Å². The fourth-order valence-electron chi connectivity index (χ4n) is 3.94. The van der Waals surface area contributed by atoms with Crippen molar-refractivity contribution in [2.45, 2.75) is 37.4 Å². The van der Waals surface area contributed by atoms with Gasteiger partial charge in [-0.05, 0) is 44.2 Å². The van der Waals surface area contributed by atoms with Crippen molar-refractivity contribution in [1.82, 2.24) is 4.31 Å². The van der Waals surface area contributed by atoms with E-state index in [1.54, 1.807) is 4.31 Å². The van der Waals surface area contributed by atoms with E-state index in [9.17, 15) is 13.2 Å². The van der Waals surface area contributed by atoms with E-state index >= 15 is 0 Å². The van der Waals surface area contributed by atoms with Crippen LogP contribution < -0.4 is 4.90 Å². The normalized spacial score (nSPS) is 29.4. The molecule has 3 fully saturated rings. The van der Waals surface area contributed by atoms with Crippen LogP contribution in [-0.2, 0) is 14.8 Å². The summed E-state index contributed by atoms with van der Waals surface area (Å²) >= 11 is 0. The lowest BCUT2D eigenvalue weighted by Gasteiger charge is -2.38. The zero-order valence-electron chi connectivity index (χ0n) is 13.1. The number of sulfonamides is 1. The van der Waals surface area contributed by atoms with Crippen molar-refractivity contribution < 1.29 is 13.2 Å². The molecule has 2 heterocycles. The molecule has 1 unspecified atom stereocenters. The number of anilines is 1. The van der Waals surface area contributed by atoms with Crippen LogP contribution in [0.4, 0.5) is 5.69 Å². The summed E-state index contributed by atoms with van der Waals surface area (Å²) in [5.41, 5.74) is 0.396. The van der Waals surface area contributed by atoms with Gasteiger partial charge in [0.2, 0.25) is 15.9 Å². The lowest BCUT2D eigenvalue weighted by Crippen LogP contribution is -2.50. The van der Waals surface area contributed by atoms with Crippen LogP contribution in [0.3, 0.4) is 0 Å². The van der Waals surface area contributed by atoms with Crippen molar-refractivity contribution in [2.24, 2.45) is 5.41 Å². The van der Waals surface area contributed by atoms with Crippen LogP contribution in [0, 0.1) is 5.41 Å². The average Bonchev–Trinajstić information content (AvgIpc) is 3.38. The van der Waals surface area contributed by atoms with Crippen molar-refractivity contribution in [3.05, 3.63) is 30.3 Å². The lowest BCUT2D eigenvalue weighted by atomic mass is 9.79. The summed E-state index contributed by atoms with van der Waals surface area (Å²) in [7, 11) is -3.20. The average molecular weight is 334 g/mol. The van der Waals surface area contributed by atoms with Gasteiger partial charge in [0.15, 0.2) is 0 Å². The molecule has 1 aliphatic carbocycles. The highest BCUT2D eigenvalue weighted by Crippen LogP contribution is 2.44. The third-order valence-electron chi connectivity index (χ3n) is 5.43. The molecular weight excluding hydrogens is 312 g/mol. The van der Waals surface area contributed by atoms with Gasteiger partial charge in [0.1, 0.15) is 0 Å². The SMILES string of the molecule is O=C1N(c2ccccc2)CCC12CCCN(S(=O)(=O)C1CC1)C2. The molecular formula is C17H22N2O3S. The van der Waals surface area contributed by atoms with Gasteiger partial charge >= 0.3 is 0 Å². The topological polar surface area (TPSA) is 57.7 Å². The molecule has 0 N–H and O–H groups in total. The van der Waals surface area contributed by atoms with Crippen molar-refractivity contribution in [3.8, 4) is 0 Å². The maximum atomic E-state index is 13.0. The summed E-state index contributed by atoms with van der Waals surface area (Å²) in [5, 5.41) is -0.195. The quantitative estimate of drug-likeness (QED) is 0.849. The van der Waals surface area contributed by atoms with E-state index in [0.29, 0.717) is 19.6 Å². The number of carbonyl (C=O) groups is 1. The van der Waals surface area contributed by atoms with Gasteiger partial charge in [-0.2, -0.15) is 0 Å². The second kappa shape index (κ2) is 5.31. The summed E-state index contributed by atoms with van der Waals surface area (Å²) in [6.07, 6.45) is 3.87. The molecule has 124 valence electrons. The zero-order valence-corrected chi connectivity index (χ0v) is 14.0. The first-order valence-electron chi connectivity index (χ1n) is 8.39. The van der Waals surface area contributed by atoms with E-state index in [-0.39, 0.29) is 11.2 Å². The minimum absolute atomic E-state index is 0.0967. The molecule has 23 heavy (non-hydrogen) atoms. The largest absolute Gasteiger partial charge is 0.312 e. The number of piperidine rings is 1. The Morgan fingerprint density at radius 2 is 1.78 bits per heavy atom. The number of carbonyl (C=O) groups excluding carboxylic acids is 1. The Balaban J connectivity index is 1.58. The minimum atomic E-state index is -3.20. The number of hydrogen-bond donors (Lipinski definition) is 0. The van der Waals surface area contributed by atoms with Gasteiger partial charge in [-0.15, -0.1) is 0 Å². The number of nitrogens with zero attached hydrogens (tertiary/aromatic N) is 2. The first-order chi connectivity index (χ1) is 11.0. The first-order valence-corrected chi connectivity index (χ1v) is 9.89. The van der Waals surface area contributed by atoms with Crippen molar-refractivity contribution in [3.63, 3.8) is 0 Å². The summed E-state index contributed by atoms with van der Waals surface area (Å²) < 4.78 is 26.7.